The molecule has 1 rings (SSSR count). The molecule has 0 amide bonds. The number of aliphatic hydroxyl groups excluding tert-OH is 1. The van der Waals surface area contributed by atoms with Gasteiger partial charge in [0.05, 0.1) is 12.2 Å². The van der Waals surface area contributed by atoms with Gasteiger partial charge in [0.1, 0.15) is 0 Å². The quantitative estimate of drug-likeness (QED) is 0.365. The minimum Gasteiger partial charge on any atom is -0.411 e. The van der Waals surface area contributed by atoms with E-state index in [1.807, 2.05) is 6.08 Å². The third-order valence-electron chi connectivity index (χ3n) is 5.01. The third kappa shape index (κ3) is 6.39. The van der Waals surface area contributed by atoms with Crippen LogP contribution in [0.4, 0.5) is 0 Å². The highest BCUT2D eigenvalue weighted by Crippen LogP contribution is 2.38. The SMILES string of the molecule is CCCCCC(/C=C/[C@H]1C=C[C@H](O)C1)O[Si](C)(C)C(C)(C)C. The number of hydrogen-bond donors (Lipinski definition) is 1. The zero-order chi connectivity index (χ0) is 16.8. The second-order valence-corrected chi connectivity index (χ2v) is 12.9. The van der Waals surface area contributed by atoms with Crippen LogP contribution in [-0.4, -0.2) is 25.6 Å². The van der Waals surface area contributed by atoms with E-state index >= 15 is 0 Å². The zero-order valence-electron chi connectivity index (χ0n) is 15.4. The van der Waals surface area contributed by atoms with Crippen LogP contribution in [0.2, 0.25) is 18.1 Å². The van der Waals surface area contributed by atoms with Crippen molar-refractivity contribution in [2.24, 2.45) is 5.92 Å². The first-order chi connectivity index (χ1) is 10.2. The summed E-state index contributed by atoms with van der Waals surface area (Å²) in [5, 5.41) is 9.83. The van der Waals surface area contributed by atoms with Crippen molar-refractivity contribution < 1.29 is 9.53 Å². The molecule has 3 heteroatoms. The van der Waals surface area contributed by atoms with Crippen LogP contribution in [-0.2, 0) is 4.43 Å². The predicted molar refractivity (Wildman–Crippen MR) is 98.6 cm³/mol. The molecule has 0 spiro atoms. The molecule has 1 N–H and O–H groups in total. The average Bonchev–Trinajstić information content (AvgIpc) is 2.80. The molecule has 0 fully saturated rings. The Balaban J connectivity index is 2.67. The molecule has 0 saturated heterocycles. The standard InChI is InChI=1S/C19H36O2Si/c1-7-8-9-10-18(21-22(5,6)19(2,3)4)14-12-16-11-13-17(20)15-16/h11-14,16-18,20H,7-10,15H2,1-6H3/b14-12+/t16-,17+,18?/m1/s1. The molecule has 1 aliphatic rings. The minimum atomic E-state index is -1.74. The Labute approximate surface area is 138 Å². The second-order valence-electron chi connectivity index (χ2n) is 8.15. The number of hydrogen-bond acceptors (Lipinski definition) is 2. The first kappa shape index (κ1) is 19.7. The van der Waals surface area contributed by atoms with E-state index in [0.29, 0.717) is 5.92 Å². The first-order valence-electron chi connectivity index (χ1n) is 8.88. The van der Waals surface area contributed by atoms with E-state index in [9.17, 15) is 5.11 Å². The van der Waals surface area contributed by atoms with Crippen LogP contribution < -0.4 is 0 Å². The topological polar surface area (TPSA) is 29.5 Å². The van der Waals surface area contributed by atoms with Crippen LogP contribution in [0.1, 0.15) is 59.8 Å². The Bertz CT molecular complexity index is 379. The number of aliphatic hydroxyl groups is 1. The molecule has 1 unspecified atom stereocenters. The van der Waals surface area contributed by atoms with Gasteiger partial charge >= 0.3 is 0 Å². The molecular weight excluding hydrogens is 288 g/mol. The number of rotatable bonds is 8. The van der Waals surface area contributed by atoms with Crippen molar-refractivity contribution in [3.05, 3.63) is 24.3 Å². The Morgan fingerprint density at radius 1 is 1.27 bits per heavy atom. The van der Waals surface area contributed by atoms with E-state index in [0.717, 1.165) is 12.8 Å². The van der Waals surface area contributed by atoms with Gasteiger partial charge in [-0.05, 0) is 36.9 Å². The summed E-state index contributed by atoms with van der Waals surface area (Å²) < 4.78 is 6.60. The molecule has 2 nitrogen and oxygen atoms in total. The van der Waals surface area contributed by atoms with E-state index in [1.54, 1.807) is 0 Å². The monoisotopic (exact) mass is 324 g/mol. The van der Waals surface area contributed by atoms with Crippen molar-refractivity contribution in [3.8, 4) is 0 Å². The third-order valence-corrected chi connectivity index (χ3v) is 9.52. The fourth-order valence-electron chi connectivity index (χ4n) is 2.46. The Morgan fingerprint density at radius 2 is 1.95 bits per heavy atom. The van der Waals surface area contributed by atoms with Crippen molar-refractivity contribution in [3.63, 3.8) is 0 Å². The van der Waals surface area contributed by atoms with Gasteiger partial charge in [0.15, 0.2) is 8.32 Å². The van der Waals surface area contributed by atoms with E-state index in [4.69, 9.17) is 4.43 Å². The highest BCUT2D eigenvalue weighted by Gasteiger charge is 2.38. The first-order valence-corrected chi connectivity index (χ1v) is 11.8. The summed E-state index contributed by atoms with van der Waals surface area (Å²) in [6.07, 6.45) is 14.1. The van der Waals surface area contributed by atoms with E-state index in [2.05, 4.69) is 59.0 Å². The van der Waals surface area contributed by atoms with Crippen molar-refractivity contribution in [2.75, 3.05) is 0 Å². The largest absolute Gasteiger partial charge is 0.411 e. The van der Waals surface area contributed by atoms with Gasteiger partial charge in [0, 0.05) is 0 Å². The van der Waals surface area contributed by atoms with Gasteiger partial charge in [-0.2, -0.15) is 0 Å². The normalized spacial score (nSPS) is 24.3. The summed E-state index contributed by atoms with van der Waals surface area (Å²) in [5.41, 5.74) is 0. The van der Waals surface area contributed by atoms with Gasteiger partial charge in [-0.3, -0.25) is 0 Å². The van der Waals surface area contributed by atoms with Gasteiger partial charge < -0.3 is 9.53 Å². The zero-order valence-corrected chi connectivity index (χ0v) is 16.4. The van der Waals surface area contributed by atoms with E-state index in [1.165, 1.54) is 19.3 Å². The fourth-order valence-corrected chi connectivity index (χ4v) is 3.77. The summed E-state index contributed by atoms with van der Waals surface area (Å²) >= 11 is 0. The number of unbranched alkanes of at least 4 members (excludes halogenated alkanes) is 2. The second kappa shape index (κ2) is 8.46. The Kier molecular flexibility index (Phi) is 7.56. The molecule has 0 heterocycles. The van der Waals surface area contributed by atoms with Crippen molar-refractivity contribution in [1.82, 2.24) is 0 Å². The average molecular weight is 325 g/mol. The van der Waals surface area contributed by atoms with Crippen LogP contribution in [0.3, 0.4) is 0 Å². The summed E-state index contributed by atoms with van der Waals surface area (Å²) in [6, 6.07) is 0. The molecule has 128 valence electrons. The Morgan fingerprint density at radius 3 is 2.45 bits per heavy atom. The van der Waals surface area contributed by atoms with Crippen molar-refractivity contribution >= 4 is 8.32 Å². The van der Waals surface area contributed by atoms with Crippen molar-refractivity contribution in [2.45, 2.75) is 90.1 Å². The molecule has 22 heavy (non-hydrogen) atoms. The Hall–Kier alpha value is -0.383. The molecule has 0 aromatic heterocycles. The molecular formula is C19H36O2Si. The van der Waals surface area contributed by atoms with Crippen LogP contribution in [0.15, 0.2) is 24.3 Å². The van der Waals surface area contributed by atoms with Gasteiger partial charge in [-0.15, -0.1) is 0 Å². The maximum atomic E-state index is 9.59. The molecule has 3 atom stereocenters. The summed E-state index contributed by atoms with van der Waals surface area (Å²) in [4.78, 5) is 0. The molecule has 0 aromatic carbocycles. The molecule has 1 aliphatic carbocycles. The van der Waals surface area contributed by atoms with Crippen LogP contribution >= 0.6 is 0 Å². The van der Waals surface area contributed by atoms with Gasteiger partial charge in [-0.1, -0.05) is 71.3 Å². The minimum absolute atomic E-state index is 0.221. The lowest BCUT2D eigenvalue weighted by Gasteiger charge is -2.38. The van der Waals surface area contributed by atoms with Crippen molar-refractivity contribution in [1.29, 1.82) is 0 Å². The molecule has 0 radical (unpaired) electrons. The van der Waals surface area contributed by atoms with Crippen LogP contribution in [0, 0.1) is 5.92 Å². The highest BCUT2D eigenvalue weighted by atomic mass is 28.4. The van der Waals surface area contributed by atoms with Gasteiger partial charge in [0.25, 0.3) is 0 Å². The molecule has 0 aliphatic heterocycles. The maximum Gasteiger partial charge on any atom is 0.192 e. The molecule has 0 saturated carbocycles. The van der Waals surface area contributed by atoms with E-state index in [-0.39, 0.29) is 17.2 Å². The van der Waals surface area contributed by atoms with Gasteiger partial charge in [-0.25, -0.2) is 0 Å². The van der Waals surface area contributed by atoms with Crippen LogP contribution in [0.5, 0.6) is 0 Å². The lowest BCUT2D eigenvalue weighted by molar-refractivity contribution is 0.207. The van der Waals surface area contributed by atoms with Gasteiger partial charge in [0.2, 0.25) is 0 Å². The molecule has 0 aromatic rings. The maximum absolute atomic E-state index is 9.59. The summed E-state index contributed by atoms with van der Waals surface area (Å²) in [7, 11) is -1.74. The summed E-state index contributed by atoms with van der Waals surface area (Å²) in [6.45, 7) is 13.8. The lowest BCUT2D eigenvalue weighted by atomic mass is 10.1. The predicted octanol–water partition coefficient (Wildman–Crippen LogP) is 5.45. The number of allylic oxidation sites excluding steroid dienone is 2. The van der Waals surface area contributed by atoms with Crippen LogP contribution in [0.25, 0.3) is 0 Å². The lowest BCUT2D eigenvalue weighted by Crippen LogP contribution is -2.43. The van der Waals surface area contributed by atoms with E-state index < -0.39 is 8.32 Å². The smallest absolute Gasteiger partial charge is 0.192 e. The summed E-state index contributed by atoms with van der Waals surface area (Å²) in [5.74, 6) is 0.367. The highest BCUT2D eigenvalue weighted by molar-refractivity contribution is 6.74. The fraction of sp³-hybridized carbons (Fsp3) is 0.789. The molecule has 0 bridgehead atoms.